The van der Waals surface area contributed by atoms with Crippen LogP contribution in [-0.4, -0.2) is 29.4 Å². The molecule has 1 aromatic carbocycles. The van der Waals surface area contributed by atoms with E-state index in [-0.39, 0.29) is 11.3 Å². The summed E-state index contributed by atoms with van der Waals surface area (Å²) in [6.07, 6.45) is 2.56. The first-order valence-corrected chi connectivity index (χ1v) is 4.81. The van der Waals surface area contributed by atoms with E-state index in [0.717, 1.165) is 13.2 Å². The summed E-state index contributed by atoms with van der Waals surface area (Å²) in [7, 11) is 0. The minimum absolute atomic E-state index is 0.0671. The molecule has 0 aliphatic carbocycles. The van der Waals surface area contributed by atoms with Crippen molar-refractivity contribution in [3.63, 3.8) is 0 Å². The molecule has 82 valence electrons. The van der Waals surface area contributed by atoms with Gasteiger partial charge in [-0.1, -0.05) is 12.1 Å². The van der Waals surface area contributed by atoms with E-state index in [2.05, 4.69) is 0 Å². The number of carboxylic acids is 1. The Morgan fingerprint density at radius 2 is 1.80 bits per heavy atom. The van der Waals surface area contributed by atoms with Crippen LogP contribution in [0.5, 0.6) is 5.75 Å². The predicted molar refractivity (Wildman–Crippen MR) is 55.1 cm³/mol. The van der Waals surface area contributed by atoms with Gasteiger partial charge in [0.1, 0.15) is 11.3 Å². The highest BCUT2D eigenvalue weighted by Crippen LogP contribution is 2.14. The Bertz CT molecular complexity index is 311. The summed E-state index contributed by atoms with van der Waals surface area (Å²) < 4.78 is 4.94. The number of aromatic hydroxyl groups is 1. The zero-order valence-corrected chi connectivity index (χ0v) is 8.35. The number of carbonyl (C=O) groups is 1. The Balaban J connectivity index is 0.000000187. The summed E-state index contributed by atoms with van der Waals surface area (Å²) in [5.41, 5.74) is -0.0671. The molecule has 0 radical (unpaired) electrons. The Hall–Kier alpha value is -1.55. The predicted octanol–water partition coefficient (Wildman–Crippen LogP) is 1.89. The zero-order chi connectivity index (χ0) is 11.1. The van der Waals surface area contributed by atoms with Crippen molar-refractivity contribution in [2.75, 3.05) is 13.2 Å². The highest BCUT2D eigenvalue weighted by atomic mass is 16.5. The first-order valence-electron chi connectivity index (χ1n) is 4.81. The van der Waals surface area contributed by atoms with Crippen LogP contribution < -0.4 is 0 Å². The molecule has 1 heterocycles. The SMILES string of the molecule is C1CCOC1.O=C(O)c1ccccc1O. The van der Waals surface area contributed by atoms with Crippen molar-refractivity contribution < 1.29 is 19.7 Å². The summed E-state index contributed by atoms with van der Waals surface area (Å²) in [6.45, 7) is 2.00. The van der Waals surface area contributed by atoms with Crippen molar-refractivity contribution >= 4 is 5.97 Å². The van der Waals surface area contributed by atoms with Gasteiger partial charge in [-0.25, -0.2) is 4.79 Å². The second-order valence-electron chi connectivity index (χ2n) is 3.14. The molecule has 4 nitrogen and oxygen atoms in total. The van der Waals surface area contributed by atoms with Crippen molar-refractivity contribution in [3.05, 3.63) is 29.8 Å². The van der Waals surface area contributed by atoms with Crippen molar-refractivity contribution in [3.8, 4) is 5.75 Å². The number of hydrogen-bond donors (Lipinski definition) is 2. The number of rotatable bonds is 1. The van der Waals surface area contributed by atoms with Gasteiger partial charge < -0.3 is 14.9 Å². The van der Waals surface area contributed by atoms with E-state index in [9.17, 15) is 4.79 Å². The number of benzene rings is 1. The van der Waals surface area contributed by atoms with E-state index in [4.69, 9.17) is 14.9 Å². The molecular formula is C11H14O4. The molecule has 0 aromatic heterocycles. The number of phenols is 1. The fraction of sp³-hybridized carbons (Fsp3) is 0.364. The molecule has 0 atom stereocenters. The molecule has 0 unspecified atom stereocenters. The van der Waals surface area contributed by atoms with Gasteiger partial charge in [0, 0.05) is 13.2 Å². The number of ether oxygens (including phenoxy) is 1. The van der Waals surface area contributed by atoms with Crippen LogP contribution in [0.4, 0.5) is 0 Å². The van der Waals surface area contributed by atoms with E-state index < -0.39 is 5.97 Å². The number of aromatic carboxylic acids is 1. The molecule has 2 N–H and O–H groups in total. The maximum absolute atomic E-state index is 10.3. The van der Waals surface area contributed by atoms with Crippen LogP contribution in [0.15, 0.2) is 24.3 Å². The average Bonchev–Trinajstić information content (AvgIpc) is 2.75. The van der Waals surface area contributed by atoms with E-state index >= 15 is 0 Å². The van der Waals surface area contributed by atoms with Gasteiger partial charge in [-0.05, 0) is 25.0 Å². The maximum Gasteiger partial charge on any atom is 0.339 e. The maximum atomic E-state index is 10.3. The van der Waals surface area contributed by atoms with Crippen molar-refractivity contribution in [1.82, 2.24) is 0 Å². The molecule has 0 saturated carbocycles. The van der Waals surface area contributed by atoms with Crippen LogP contribution >= 0.6 is 0 Å². The Kier molecular flexibility index (Phi) is 4.63. The summed E-state index contributed by atoms with van der Waals surface area (Å²) in [6, 6.07) is 5.81. The van der Waals surface area contributed by atoms with Crippen LogP contribution in [0.3, 0.4) is 0 Å². The summed E-state index contributed by atoms with van der Waals surface area (Å²) in [5, 5.41) is 17.3. The molecule has 1 aliphatic rings. The highest BCUT2D eigenvalue weighted by molar-refractivity contribution is 5.90. The third-order valence-electron chi connectivity index (χ3n) is 1.96. The molecular weight excluding hydrogens is 196 g/mol. The van der Waals surface area contributed by atoms with Crippen molar-refractivity contribution in [2.45, 2.75) is 12.8 Å². The Morgan fingerprint density at radius 1 is 1.20 bits per heavy atom. The second kappa shape index (κ2) is 6.03. The van der Waals surface area contributed by atoms with E-state index in [0.29, 0.717) is 0 Å². The third kappa shape index (κ3) is 3.99. The fourth-order valence-corrected chi connectivity index (χ4v) is 1.16. The fourth-order valence-electron chi connectivity index (χ4n) is 1.16. The van der Waals surface area contributed by atoms with Gasteiger partial charge in [0.2, 0.25) is 0 Å². The number of hydrogen-bond acceptors (Lipinski definition) is 3. The molecule has 1 aromatic rings. The van der Waals surface area contributed by atoms with Gasteiger partial charge >= 0.3 is 5.97 Å². The van der Waals surface area contributed by atoms with Crippen LogP contribution in [-0.2, 0) is 4.74 Å². The van der Waals surface area contributed by atoms with E-state index in [1.54, 1.807) is 12.1 Å². The van der Waals surface area contributed by atoms with E-state index in [1.807, 2.05) is 0 Å². The van der Waals surface area contributed by atoms with Crippen molar-refractivity contribution in [1.29, 1.82) is 0 Å². The Labute approximate surface area is 88.1 Å². The standard InChI is InChI=1S/C7H6O3.C4H8O/c8-6-4-2-1-3-5(6)7(9)10;1-2-4-5-3-1/h1-4,8H,(H,9,10);1-4H2. The molecule has 2 rings (SSSR count). The molecule has 1 fully saturated rings. The van der Waals surface area contributed by atoms with Crippen LogP contribution in [0.25, 0.3) is 0 Å². The topological polar surface area (TPSA) is 66.8 Å². The van der Waals surface area contributed by atoms with Gasteiger partial charge in [0.25, 0.3) is 0 Å². The molecule has 1 aliphatic heterocycles. The lowest BCUT2D eigenvalue weighted by Crippen LogP contribution is -1.95. The first-order chi connectivity index (χ1) is 7.22. The van der Waals surface area contributed by atoms with Gasteiger partial charge in [0.15, 0.2) is 0 Å². The second-order valence-corrected chi connectivity index (χ2v) is 3.14. The quantitative estimate of drug-likeness (QED) is 0.742. The first kappa shape index (κ1) is 11.5. The van der Waals surface area contributed by atoms with E-state index in [1.165, 1.54) is 25.0 Å². The van der Waals surface area contributed by atoms with Gasteiger partial charge in [-0.2, -0.15) is 0 Å². The minimum atomic E-state index is -1.11. The molecule has 0 bridgehead atoms. The molecule has 0 amide bonds. The smallest absolute Gasteiger partial charge is 0.339 e. The Morgan fingerprint density at radius 3 is 2.13 bits per heavy atom. The van der Waals surface area contributed by atoms with Crippen LogP contribution in [0.2, 0.25) is 0 Å². The van der Waals surface area contributed by atoms with Crippen LogP contribution in [0.1, 0.15) is 23.2 Å². The summed E-state index contributed by atoms with van der Waals surface area (Å²) in [5.74, 6) is -1.31. The number of carboxylic acid groups (broad SMARTS) is 1. The van der Waals surface area contributed by atoms with Gasteiger partial charge in [-0.15, -0.1) is 0 Å². The number of para-hydroxylation sites is 1. The molecule has 15 heavy (non-hydrogen) atoms. The molecule has 0 spiro atoms. The lowest BCUT2D eigenvalue weighted by atomic mass is 10.2. The average molecular weight is 210 g/mol. The third-order valence-corrected chi connectivity index (χ3v) is 1.96. The van der Waals surface area contributed by atoms with Gasteiger partial charge in [-0.3, -0.25) is 0 Å². The highest BCUT2D eigenvalue weighted by Gasteiger charge is 2.05. The lowest BCUT2D eigenvalue weighted by molar-refractivity contribution is 0.0694. The minimum Gasteiger partial charge on any atom is -0.507 e. The molecule has 1 saturated heterocycles. The van der Waals surface area contributed by atoms with Gasteiger partial charge in [0.05, 0.1) is 0 Å². The molecule has 4 heteroatoms. The van der Waals surface area contributed by atoms with Crippen LogP contribution in [0, 0.1) is 0 Å². The summed E-state index contributed by atoms with van der Waals surface area (Å²) >= 11 is 0. The zero-order valence-electron chi connectivity index (χ0n) is 8.35. The lowest BCUT2D eigenvalue weighted by Gasteiger charge is -1.95. The van der Waals surface area contributed by atoms with Crippen molar-refractivity contribution in [2.24, 2.45) is 0 Å². The largest absolute Gasteiger partial charge is 0.507 e. The normalized spacial score (nSPS) is 14.1. The summed E-state index contributed by atoms with van der Waals surface area (Å²) in [4.78, 5) is 10.3. The monoisotopic (exact) mass is 210 g/mol.